The van der Waals surface area contributed by atoms with Crippen LogP contribution < -0.4 is 9.47 Å². The normalized spacial score (nSPS) is 13.2. The third-order valence-electron chi connectivity index (χ3n) is 2.56. The molecule has 0 saturated heterocycles. The van der Waals surface area contributed by atoms with E-state index in [2.05, 4.69) is 0 Å². The molecule has 0 spiro atoms. The summed E-state index contributed by atoms with van der Waals surface area (Å²) in [7, 11) is 1.60. The number of esters is 1. The molecule has 0 unspecified atom stereocenters. The molecule has 1 aliphatic rings. The van der Waals surface area contributed by atoms with Crippen LogP contribution in [0.5, 0.6) is 11.5 Å². The fourth-order valence-electron chi connectivity index (χ4n) is 1.68. The molecule has 1 aliphatic heterocycles. The first-order valence-electron chi connectivity index (χ1n) is 5.97. The Labute approximate surface area is 116 Å². The standard InChI is InChI=1S/C13H15ClO5/c1-16-3-2-4-19-13(15)9-7-10(14)12-11(8-9)17-5-6-18-12/h7-8H,2-6H2,1H3. The maximum Gasteiger partial charge on any atom is 0.338 e. The van der Waals surface area contributed by atoms with Crippen LogP contribution in [0.1, 0.15) is 16.8 Å². The summed E-state index contributed by atoms with van der Waals surface area (Å²) in [4.78, 5) is 11.8. The highest BCUT2D eigenvalue weighted by molar-refractivity contribution is 6.32. The van der Waals surface area contributed by atoms with E-state index in [9.17, 15) is 4.79 Å². The minimum Gasteiger partial charge on any atom is -0.486 e. The first-order chi connectivity index (χ1) is 9.22. The zero-order valence-corrected chi connectivity index (χ0v) is 11.4. The summed E-state index contributed by atoms with van der Waals surface area (Å²) < 4.78 is 20.8. The molecule has 2 rings (SSSR count). The SMILES string of the molecule is COCCCOC(=O)c1cc(Cl)c2c(c1)OCCO2. The monoisotopic (exact) mass is 286 g/mol. The van der Waals surface area contributed by atoms with Gasteiger partial charge in [-0.2, -0.15) is 0 Å². The Kier molecular flexibility index (Phi) is 4.87. The van der Waals surface area contributed by atoms with Crippen LogP contribution in [0.15, 0.2) is 12.1 Å². The molecule has 1 heterocycles. The lowest BCUT2D eigenvalue weighted by Gasteiger charge is -2.19. The van der Waals surface area contributed by atoms with Gasteiger partial charge in [-0.3, -0.25) is 0 Å². The second-order valence-electron chi connectivity index (χ2n) is 3.96. The maximum atomic E-state index is 11.8. The lowest BCUT2D eigenvalue weighted by molar-refractivity contribution is 0.0467. The Balaban J connectivity index is 2.04. The molecule has 0 atom stereocenters. The van der Waals surface area contributed by atoms with E-state index >= 15 is 0 Å². The van der Waals surface area contributed by atoms with E-state index in [1.807, 2.05) is 0 Å². The van der Waals surface area contributed by atoms with Crippen molar-refractivity contribution in [3.63, 3.8) is 0 Å². The number of hydrogen-bond acceptors (Lipinski definition) is 5. The molecule has 0 saturated carbocycles. The van der Waals surface area contributed by atoms with E-state index < -0.39 is 5.97 Å². The Morgan fingerprint density at radius 2 is 2.11 bits per heavy atom. The number of hydrogen-bond donors (Lipinski definition) is 0. The fourth-order valence-corrected chi connectivity index (χ4v) is 1.95. The van der Waals surface area contributed by atoms with Crippen molar-refractivity contribution in [2.45, 2.75) is 6.42 Å². The third kappa shape index (κ3) is 3.52. The van der Waals surface area contributed by atoms with E-state index in [-0.39, 0.29) is 0 Å². The van der Waals surface area contributed by atoms with E-state index in [1.54, 1.807) is 13.2 Å². The summed E-state index contributed by atoms with van der Waals surface area (Å²) in [5, 5.41) is 0.348. The Morgan fingerprint density at radius 3 is 2.89 bits per heavy atom. The molecule has 0 N–H and O–H groups in total. The number of halogens is 1. The van der Waals surface area contributed by atoms with Crippen molar-refractivity contribution in [1.82, 2.24) is 0 Å². The van der Waals surface area contributed by atoms with Crippen molar-refractivity contribution >= 4 is 17.6 Å². The van der Waals surface area contributed by atoms with Crippen LogP contribution in [0.4, 0.5) is 0 Å². The van der Waals surface area contributed by atoms with Gasteiger partial charge in [0.1, 0.15) is 13.2 Å². The largest absolute Gasteiger partial charge is 0.486 e. The quantitative estimate of drug-likeness (QED) is 0.614. The van der Waals surface area contributed by atoms with Gasteiger partial charge in [0.05, 0.1) is 17.2 Å². The first kappa shape index (κ1) is 14.0. The highest BCUT2D eigenvalue weighted by Gasteiger charge is 2.19. The summed E-state index contributed by atoms with van der Waals surface area (Å²) in [5.74, 6) is 0.515. The van der Waals surface area contributed by atoms with Crippen LogP contribution in [0.3, 0.4) is 0 Å². The molecule has 6 heteroatoms. The smallest absolute Gasteiger partial charge is 0.338 e. The van der Waals surface area contributed by atoms with E-state index in [1.165, 1.54) is 6.07 Å². The van der Waals surface area contributed by atoms with Crippen molar-refractivity contribution in [2.24, 2.45) is 0 Å². The maximum absolute atomic E-state index is 11.8. The van der Waals surface area contributed by atoms with Crippen molar-refractivity contribution in [3.8, 4) is 11.5 Å². The molecule has 0 bridgehead atoms. The van der Waals surface area contributed by atoms with Crippen LogP contribution >= 0.6 is 11.6 Å². The zero-order valence-electron chi connectivity index (χ0n) is 10.6. The molecule has 19 heavy (non-hydrogen) atoms. The summed E-state index contributed by atoms with van der Waals surface area (Å²) in [6.45, 7) is 1.75. The van der Waals surface area contributed by atoms with Crippen LogP contribution in [-0.2, 0) is 9.47 Å². The molecule has 104 valence electrons. The number of rotatable bonds is 5. The summed E-state index contributed by atoms with van der Waals surface area (Å²) in [5.41, 5.74) is 0.353. The predicted molar refractivity (Wildman–Crippen MR) is 69.2 cm³/mol. The molecule has 0 aromatic heterocycles. The second kappa shape index (κ2) is 6.63. The number of ether oxygens (including phenoxy) is 4. The summed E-state index contributed by atoms with van der Waals surface area (Å²) in [6.07, 6.45) is 0.653. The Morgan fingerprint density at radius 1 is 1.32 bits per heavy atom. The number of carbonyl (C=O) groups is 1. The highest BCUT2D eigenvalue weighted by Crippen LogP contribution is 2.38. The topological polar surface area (TPSA) is 54.0 Å². The van der Waals surface area contributed by atoms with E-state index in [0.717, 1.165) is 0 Å². The number of methoxy groups -OCH3 is 1. The third-order valence-corrected chi connectivity index (χ3v) is 2.84. The minimum atomic E-state index is -0.435. The van der Waals surface area contributed by atoms with Gasteiger partial charge in [-0.05, 0) is 12.1 Å². The molecular formula is C13H15ClO5. The van der Waals surface area contributed by atoms with Gasteiger partial charge in [0.15, 0.2) is 11.5 Å². The second-order valence-corrected chi connectivity index (χ2v) is 4.37. The molecule has 0 aliphatic carbocycles. The van der Waals surface area contributed by atoms with Crippen LogP contribution in [-0.4, -0.2) is 39.5 Å². The molecule has 1 aromatic carbocycles. The molecule has 0 fully saturated rings. The summed E-state index contributed by atoms with van der Waals surface area (Å²) >= 11 is 6.04. The van der Waals surface area contributed by atoms with Gasteiger partial charge in [0.25, 0.3) is 0 Å². The molecule has 5 nitrogen and oxygen atoms in total. The number of benzene rings is 1. The lowest BCUT2D eigenvalue weighted by atomic mass is 10.2. The van der Waals surface area contributed by atoms with Gasteiger partial charge < -0.3 is 18.9 Å². The van der Waals surface area contributed by atoms with Crippen LogP contribution in [0, 0.1) is 0 Å². The molecule has 1 aromatic rings. The number of fused-ring (bicyclic) bond motifs is 1. The van der Waals surface area contributed by atoms with Crippen LogP contribution in [0.25, 0.3) is 0 Å². The summed E-state index contributed by atoms with van der Waals surface area (Å²) in [6, 6.07) is 3.10. The highest BCUT2D eigenvalue weighted by atomic mass is 35.5. The van der Waals surface area contributed by atoms with Gasteiger partial charge in [-0.1, -0.05) is 11.6 Å². The number of carbonyl (C=O) groups excluding carboxylic acids is 1. The zero-order chi connectivity index (χ0) is 13.7. The van der Waals surface area contributed by atoms with E-state index in [0.29, 0.717) is 54.9 Å². The average Bonchev–Trinajstić information content (AvgIpc) is 2.43. The molecule has 0 amide bonds. The van der Waals surface area contributed by atoms with Gasteiger partial charge in [0, 0.05) is 20.1 Å². The Hall–Kier alpha value is -1.46. The van der Waals surface area contributed by atoms with Gasteiger partial charge in [0.2, 0.25) is 0 Å². The van der Waals surface area contributed by atoms with Crippen LogP contribution in [0.2, 0.25) is 5.02 Å². The Bertz CT molecular complexity index is 461. The van der Waals surface area contributed by atoms with Crippen molar-refractivity contribution in [1.29, 1.82) is 0 Å². The molecular weight excluding hydrogens is 272 g/mol. The fraction of sp³-hybridized carbons (Fsp3) is 0.462. The average molecular weight is 287 g/mol. The van der Waals surface area contributed by atoms with Crippen molar-refractivity contribution in [3.05, 3.63) is 22.7 Å². The predicted octanol–water partition coefficient (Wildman–Crippen LogP) is 2.30. The van der Waals surface area contributed by atoms with Crippen molar-refractivity contribution in [2.75, 3.05) is 33.5 Å². The minimum absolute atomic E-state index is 0.304. The first-order valence-corrected chi connectivity index (χ1v) is 6.35. The van der Waals surface area contributed by atoms with Gasteiger partial charge in [-0.15, -0.1) is 0 Å². The lowest BCUT2D eigenvalue weighted by Crippen LogP contribution is -2.16. The molecule has 0 radical (unpaired) electrons. The van der Waals surface area contributed by atoms with E-state index in [4.69, 9.17) is 30.5 Å². The van der Waals surface area contributed by atoms with Crippen molar-refractivity contribution < 1.29 is 23.7 Å². The van der Waals surface area contributed by atoms with Gasteiger partial charge in [-0.25, -0.2) is 4.79 Å². The van der Waals surface area contributed by atoms with Gasteiger partial charge >= 0.3 is 5.97 Å².